The van der Waals surface area contributed by atoms with Crippen LogP contribution in [0, 0.1) is 0 Å². The molecule has 0 bridgehead atoms. The second kappa shape index (κ2) is 6.56. The Morgan fingerprint density at radius 1 is 1.00 bits per heavy atom. The molecule has 2 N–H and O–H groups in total. The Bertz CT molecular complexity index is 1130. The molecule has 3 aromatic rings. The third kappa shape index (κ3) is 2.84. The lowest BCUT2D eigenvalue weighted by Gasteiger charge is -2.38. The fourth-order valence-electron chi connectivity index (χ4n) is 3.60. The van der Waals surface area contributed by atoms with Gasteiger partial charge in [0.2, 0.25) is 6.79 Å². The van der Waals surface area contributed by atoms with Crippen LogP contribution in [-0.2, 0) is 0 Å². The molecule has 2 aliphatic rings. The lowest BCUT2D eigenvalue weighted by Crippen LogP contribution is -2.43. The number of para-hydroxylation sites is 1. The van der Waals surface area contributed by atoms with Gasteiger partial charge in [0.05, 0.1) is 16.8 Å². The number of anilines is 2. The van der Waals surface area contributed by atoms with E-state index < -0.39 is 12.1 Å². The van der Waals surface area contributed by atoms with Crippen molar-refractivity contribution in [3.63, 3.8) is 0 Å². The fraction of sp³-hybridized carbons (Fsp3) is 0.0909. The Labute approximate surface area is 166 Å². The Balaban J connectivity index is 1.62. The van der Waals surface area contributed by atoms with E-state index >= 15 is 0 Å². The SMILES string of the molecule is O=C(O)c1ccc(C2Nc3ccccc3C(=O)N2c2ccc3c(c2)OCO3)cc1. The Kier molecular flexibility index (Phi) is 3.87. The van der Waals surface area contributed by atoms with Crippen LogP contribution in [-0.4, -0.2) is 23.8 Å². The average molecular weight is 388 g/mol. The zero-order chi connectivity index (χ0) is 20.0. The van der Waals surface area contributed by atoms with Gasteiger partial charge in [-0.15, -0.1) is 0 Å². The number of fused-ring (bicyclic) bond motifs is 2. The molecule has 0 spiro atoms. The molecule has 2 aliphatic heterocycles. The smallest absolute Gasteiger partial charge is 0.335 e. The number of amides is 1. The summed E-state index contributed by atoms with van der Waals surface area (Å²) in [4.78, 5) is 26.2. The number of rotatable bonds is 3. The van der Waals surface area contributed by atoms with Crippen molar-refractivity contribution in [1.29, 1.82) is 0 Å². The molecule has 0 aliphatic carbocycles. The van der Waals surface area contributed by atoms with Gasteiger partial charge >= 0.3 is 5.97 Å². The van der Waals surface area contributed by atoms with E-state index in [0.717, 1.165) is 11.3 Å². The highest BCUT2D eigenvalue weighted by atomic mass is 16.7. The van der Waals surface area contributed by atoms with Gasteiger partial charge in [-0.25, -0.2) is 4.79 Å². The van der Waals surface area contributed by atoms with E-state index in [0.29, 0.717) is 22.7 Å². The molecule has 1 unspecified atom stereocenters. The molecule has 1 atom stereocenters. The number of hydrogen-bond acceptors (Lipinski definition) is 5. The van der Waals surface area contributed by atoms with E-state index in [2.05, 4.69) is 5.32 Å². The second-order valence-corrected chi connectivity index (χ2v) is 6.73. The molecule has 7 nitrogen and oxygen atoms in total. The van der Waals surface area contributed by atoms with Crippen LogP contribution in [0.25, 0.3) is 0 Å². The lowest BCUT2D eigenvalue weighted by molar-refractivity contribution is 0.0696. The monoisotopic (exact) mass is 388 g/mol. The van der Waals surface area contributed by atoms with Crippen LogP contribution in [0.3, 0.4) is 0 Å². The van der Waals surface area contributed by atoms with Gasteiger partial charge in [0, 0.05) is 11.8 Å². The summed E-state index contributed by atoms with van der Waals surface area (Å²) in [5, 5.41) is 12.6. The molecule has 29 heavy (non-hydrogen) atoms. The van der Waals surface area contributed by atoms with Gasteiger partial charge in [0.1, 0.15) is 6.17 Å². The normalized spacial score (nSPS) is 16.9. The molecular formula is C22H16N2O5. The van der Waals surface area contributed by atoms with Gasteiger partial charge in [0.15, 0.2) is 11.5 Å². The maximum Gasteiger partial charge on any atom is 0.335 e. The standard InChI is InChI=1S/C22H16N2O5/c25-21-16-3-1-2-4-17(16)23-20(13-5-7-14(8-6-13)22(26)27)24(21)15-9-10-18-19(11-15)29-12-28-18/h1-11,20,23H,12H2,(H,26,27). The topological polar surface area (TPSA) is 88.1 Å². The predicted molar refractivity (Wildman–Crippen MR) is 106 cm³/mol. The number of carboxylic acid groups (broad SMARTS) is 1. The Hall–Kier alpha value is -4.00. The summed E-state index contributed by atoms with van der Waals surface area (Å²) < 4.78 is 10.8. The van der Waals surface area contributed by atoms with E-state index in [9.17, 15) is 14.7 Å². The van der Waals surface area contributed by atoms with Gasteiger partial charge < -0.3 is 19.9 Å². The summed E-state index contributed by atoms with van der Waals surface area (Å²) >= 11 is 0. The number of carbonyl (C=O) groups excluding carboxylic acids is 1. The number of carboxylic acids is 1. The van der Waals surface area contributed by atoms with Crippen molar-refractivity contribution in [2.75, 3.05) is 17.0 Å². The van der Waals surface area contributed by atoms with Gasteiger partial charge in [-0.3, -0.25) is 9.69 Å². The van der Waals surface area contributed by atoms with Crippen LogP contribution in [0.1, 0.15) is 32.4 Å². The first-order valence-electron chi connectivity index (χ1n) is 9.04. The largest absolute Gasteiger partial charge is 0.478 e. The number of aromatic carboxylic acids is 1. The molecule has 3 aromatic carbocycles. The van der Waals surface area contributed by atoms with E-state index in [1.807, 2.05) is 18.2 Å². The van der Waals surface area contributed by atoms with Crippen molar-refractivity contribution >= 4 is 23.3 Å². The second-order valence-electron chi connectivity index (χ2n) is 6.73. The molecule has 144 valence electrons. The maximum absolute atomic E-state index is 13.4. The third-order valence-corrected chi connectivity index (χ3v) is 5.03. The number of hydrogen-bond donors (Lipinski definition) is 2. The van der Waals surface area contributed by atoms with Crippen LogP contribution in [0.2, 0.25) is 0 Å². The predicted octanol–water partition coefficient (Wildman–Crippen LogP) is 3.88. The molecule has 0 radical (unpaired) electrons. The molecule has 0 saturated heterocycles. The third-order valence-electron chi connectivity index (χ3n) is 5.03. The van der Waals surface area contributed by atoms with E-state index in [-0.39, 0.29) is 18.3 Å². The summed E-state index contributed by atoms with van der Waals surface area (Å²) in [5.74, 6) is 0.0517. The molecule has 1 amide bonds. The van der Waals surface area contributed by atoms with Gasteiger partial charge in [-0.2, -0.15) is 0 Å². The number of benzene rings is 3. The van der Waals surface area contributed by atoms with Crippen molar-refractivity contribution in [3.8, 4) is 11.5 Å². The number of nitrogens with zero attached hydrogens (tertiary/aromatic N) is 1. The summed E-state index contributed by atoms with van der Waals surface area (Å²) in [6.07, 6.45) is -0.513. The van der Waals surface area contributed by atoms with Crippen molar-refractivity contribution in [2.45, 2.75) is 6.17 Å². The number of nitrogens with one attached hydrogen (secondary N) is 1. The molecule has 2 heterocycles. The summed E-state index contributed by atoms with van der Waals surface area (Å²) in [5.41, 5.74) is 2.88. The highest BCUT2D eigenvalue weighted by molar-refractivity contribution is 6.12. The zero-order valence-corrected chi connectivity index (χ0v) is 15.2. The van der Waals surface area contributed by atoms with Crippen molar-refractivity contribution in [2.24, 2.45) is 0 Å². The summed E-state index contributed by atoms with van der Waals surface area (Å²) in [6, 6.07) is 19.1. The highest BCUT2D eigenvalue weighted by Gasteiger charge is 2.34. The van der Waals surface area contributed by atoms with Crippen LogP contribution < -0.4 is 19.7 Å². The van der Waals surface area contributed by atoms with Crippen LogP contribution in [0.5, 0.6) is 11.5 Å². The zero-order valence-electron chi connectivity index (χ0n) is 15.2. The molecule has 0 aromatic heterocycles. The quantitative estimate of drug-likeness (QED) is 0.708. The maximum atomic E-state index is 13.4. The Morgan fingerprint density at radius 3 is 2.55 bits per heavy atom. The number of ether oxygens (including phenoxy) is 2. The first-order valence-corrected chi connectivity index (χ1v) is 9.04. The molecular weight excluding hydrogens is 372 g/mol. The van der Waals surface area contributed by atoms with Crippen LogP contribution in [0.15, 0.2) is 66.7 Å². The van der Waals surface area contributed by atoms with Gasteiger partial charge in [-0.1, -0.05) is 24.3 Å². The summed E-state index contributed by atoms with van der Waals surface area (Å²) in [7, 11) is 0. The molecule has 0 saturated carbocycles. The van der Waals surface area contributed by atoms with Crippen molar-refractivity contribution in [3.05, 3.63) is 83.4 Å². The molecule has 0 fully saturated rings. The Morgan fingerprint density at radius 2 is 1.76 bits per heavy atom. The molecule has 5 rings (SSSR count). The van der Waals surface area contributed by atoms with Crippen LogP contribution >= 0.6 is 0 Å². The minimum absolute atomic E-state index is 0.147. The van der Waals surface area contributed by atoms with E-state index in [1.165, 1.54) is 12.1 Å². The van der Waals surface area contributed by atoms with Gasteiger partial charge in [0.25, 0.3) is 5.91 Å². The number of carbonyl (C=O) groups is 2. The van der Waals surface area contributed by atoms with Gasteiger partial charge in [-0.05, 0) is 42.0 Å². The summed E-state index contributed by atoms with van der Waals surface area (Å²) in [6.45, 7) is 0.147. The first-order chi connectivity index (χ1) is 14.1. The van der Waals surface area contributed by atoms with Crippen molar-refractivity contribution in [1.82, 2.24) is 0 Å². The lowest BCUT2D eigenvalue weighted by atomic mass is 10.0. The van der Waals surface area contributed by atoms with E-state index in [4.69, 9.17) is 9.47 Å². The minimum atomic E-state index is -0.998. The van der Waals surface area contributed by atoms with Crippen LogP contribution in [0.4, 0.5) is 11.4 Å². The first kappa shape index (κ1) is 17.1. The van der Waals surface area contributed by atoms with Crippen molar-refractivity contribution < 1.29 is 24.2 Å². The highest BCUT2D eigenvalue weighted by Crippen LogP contribution is 2.41. The molecule has 7 heteroatoms. The fourth-order valence-corrected chi connectivity index (χ4v) is 3.60. The van der Waals surface area contributed by atoms with E-state index in [1.54, 1.807) is 41.3 Å². The average Bonchev–Trinajstić information content (AvgIpc) is 3.21. The minimum Gasteiger partial charge on any atom is -0.478 e.